The van der Waals surface area contributed by atoms with Crippen LogP contribution in [-0.2, 0) is 16.0 Å². The number of hydrogen-bond donors (Lipinski definition) is 1. The van der Waals surface area contributed by atoms with Gasteiger partial charge in [-0.3, -0.25) is 9.59 Å². The fourth-order valence-electron chi connectivity index (χ4n) is 3.12. The number of carbonyl (C=O) groups is 2. The molecule has 0 fully saturated rings. The maximum absolute atomic E-state index is 12.7. The van der Waals surface area contributed by atoms with E-state index >= 15 is 0 Å². The molecule has 2 aromatic rings. The molecular weight excluding hydrogens is 296 g/mol. The zero-order valence-electron chi connectivity index (χ0n) is 13.1. The quantitative estimate of drug-likeness (QED) is 0.937. The summed E-state index contributed by atoms with van der Waals surface area (Å²) in [5.74, 6) is -0.452. The highest BCUT2D eigenvalue weighted by molar-refractivity contribution is 5.97. The van der Waals surface area contributed by atoms with Gasteiger partial charge in [-0.05, 0) is 25.5 Å². The highest BCUT2D eigenvalue weighted by atomic mass is 16.5. The number of aliphatic carboxylic acids is 1. The Morgan fingerprint density at radius 3 is 2.74 bits per heavy atom. The van der Waals surface area contributed by atoms with Crippen molar-refractivity contribution >= 4 is 17.6 Å². The Labute approximate surface area is 133 Å². The molecule has 1 atom stereocenters. The van der Waals surface area contributed by atoms with E-state index < -0.39 is 5.97 Å². The van der Waals surface area contributed by atoms with Crippen molar-refractivity contribution < 1.29 is 19.2 Å². The van der Waals surface area contributed by atoms with Crippen LogP contribution in [0.3, 0.4) is 0 Å². The molecule has 1 aromatic heterocycles. The number of rotatable bonds is 4. The number of aromatic nitrogens is 1. The maximum Gasteiger partial charge on any atom is 0.304 e. The largest absolute Gasteiger partial charge is 0.481 e. The van der Waals surface area contributed by atoms with E-state index in [0.717, 1.165) is 16.8 Å². The van der Waals surface area contributed by atoms with Gasteiger partial charge in [-0.25, -0.2) is 0 Å². The third-order valence-corrected chi connectivity index (χ3v) is 4.30. The van der Waals surface area contributed by atoms with Crippen LogP contribution in [0, 0.1) is 13.8 Å². The number of hydrogen-bond acceptors (Lipinski definition) is 4. The van der Waals surface area contributed by atoms with Crippen molar-refractivity contribution in [3.8, 4) is 0 Å². The number of amides is 1. The summed E-state index contributed by atoms with van der Waals surface area (Å²) in [6, 6.07) is 7.49. The Kier molecular flexibility index (Phi) is 3.90. The average molecular weight is 314 g/mol. The van der Waals surface area contributed by atoms with E-state index in [1.165, 1.54) is 0 Å². The maximum atomic E-state index is 12.7. The van der Waals surface area contributed by atoms with Gasteiger partial charge in [-0.1, -0.05) is 23.4 Å². The van der Waals surface area contributed by atoms with Gasteiger partial charge in [-0.2, -0.15) is 0 Å². The second-order valence-electron chi connectivity index (χ2n) is 5.84. The number of anilines is 1. The van der Waals surface area contributed by atoms with Crippen LogP contribution in [-0.4, -0.2) is 28.7 Å². The molecule has 0 saturated heterocycles. The molecule has 23 heavy (non-hydrogen) atoms. The lowest BCUT2D eigenvalue weighted by Gasteiger charge is -2.17. The summed E-state index contributed by atoms with van der Waals surface area (Å²) >= 11 is 0. The predicted molar refractivity (Wildman–Crippen MR) is 83.5 cm³/mol. The molecule has 6 heteroatoms. The predicted octanol–water partition coefficient (Wildman–Crippen LogP) is 2.44. The SMILES string of the molecule is Cc1noc(C)c1CC(=O)N1CC(CC(=O)O)c2ccccc21. The van der Waals surface area contributed by atoms with Crippen LogP contribution in [0.2, 0.25) is 0 Å². The summed E-state index contributed by atoms with van der Waals surface area (Å²) in [5.41, 5.74) is 3.23. The van der Waals surface area contributed by atoms with Crippen molar-refractivity contribution in [2.24, 2.45) is 0 Å². The third-order valence-electron chi connectivity index (χ3n) is 4.30. The molecule has 0 saturated carbocycles. The highest BCUT2D eigenvalue weighted by Gasteiger charge is 2.33. The number of benzene rings is 1. The number of carboxylic acid groups (broad SMARTS) is 1. The van der Waals surface area contributed by atoms with Gasteiger partial charge < -0.3 is 14.5 Å². The van der Waals surface area contributed by atoms with Crippen molar-refractivity contribution in [1.29, 1.82) is 0 Å². The van der Waals surface area contributed by atoms with Crippen molar-refractivity contribution in [2.45, 2.75) is 32.6 Å². The van der Waals surface area contributed by atoms with E-state index in [9.17, 15) is 9.59 Å². The molecule has 0 bridgehead atoms. The van der Waals surface area contributed by atoms with Crippen LogP contribution >= 0.6 is 0 Å². The Morgan fingerprint density at radius 1 is 1.35 bits per heavy atom. The van der Waals surface area contributed by atoms with Crippen molar-refractivity contribution in [3.05, 3.63) is 46.8 Å². The van der Waals surface area contributed by atoms with E-state index in [0.29, 0.717) is 18.0 Å². The van der Waals surface area contributed by atoms with Crippen LogP contribution in [0.5, 0.6) is 0 Å². The van der Waals surface area contributed by atoms with E-state index in [1.54, 1.807) is 11.8 Å². The summed E-state index contributed by atoms with van der Waals surface area (Å²) < 4.78 is 5.10. The number of aryl methyl sites for hydroxylation is 2. The minimum Gasteiger partial charge on any atom is -0.481 e. The third kappa shape index (κ3) is 2.84. The van der Waals surface area contributed by atoms with Crippen LogP contribution in [0.25, 0.3) is 0 Å². The smallest absolute Gasteiger partial charge is 0.304 e. The molecule has 6 nitrogen and oxygen atoms in total. The second-order valence-corrected chi connectivity index (χ2v) is 5.84. The van der Waals surface area contributed by atoms with E-state index in [2.05, 4.69) is 5.16 Å². The zero-order chi connectivity index (χ0) is 16.6. The second kappa shape index (κ2) is 5.87. The number of carboxylic acids is 1. The van der Waals surface area contributed by atoms with Gasteiger partial charge in [0.15, 0.2) is 0 Å². The van der Waals surface area contributed by atoms with Gasteiger partial charge in [0.05, 0.1) is 18.5 Å². The highest BCUT2D eigenvalue weighted by Crippen LogP contribution is 2.38. The zero-order valence-corrected chi connectivity index (χ0v) is 13.1. The monoisotopic (exact) mass is 314 g/mol. The molecule has 0 radical (unpaired) electrons. The number of para-hydroxylation sites is 1. The molecule has 1 aliphatic heterocycles. The first-order chi connectivity index (χ1) is 11.0. The summed E-state index contributed by atoms with van der Waals surface area (Å²) in [4.78, 5) is 25.5. The number of fused-ring (bicyclic) bond motifs is 1. The molecule has 1 aromatic carbocycles. The molecular formula is C17H18N2O4. The fraction of sp³-hybridized carbons (Fsp3) is 0.353. The molecule has 120 valence electrons. The Balaban J connectivity index is 1.86. The molecule has 2 heterocycles. The van der Waals surface area contributed by atoms with E-state index in [4.69, 9.17) is 9.63 Å². The molecule has 1 amide bonds. The molecule has 1 aliphatic rings. The normalized spacial score (nSPS) is 16.4. The summed E-state index contributed by atoms with van der Waals surface area (Å²) in [6.45, 7) is 3.99. The van der Waals surface area contributed by atoms with Gasteiger partial charge in [-0.15, -0.1) is 0 Å². The van der Waals surface area contributed by atoms with Gasteiger partial charge in [0.1, 0.15) is 5.76 Å². The average Bonchev–Trinajstić information content (AvgIpc) is 3.02. The summed E-state index contributed by atoms with van der Waals surface area (Å²) in [7, 11) is 0. The lowest BCUT2D eigenvalue weighted by atomic mass is 9.98. The Morgan fingerprint density at radius 2 is 2.09 bits per heavy atom. The summed E-state index contributed by atoms with van der Waals surface area (Å²) in [5, 5.41) is 13.0. The Hall–Kier alpha value is -2.63. The van der Waals surface area contributed by atoms with Gasteiger partial charge in [0, 0.05) is 23.7 Å². The van der Waals surface area contributed by atoms with Crippen molar-refractivity contribution in [3.63, 3.8) is 0 Å². The Bertz CT molecular complexity index is 746. The molecule has 1 N–H and O–H groups in total. The van der Waals surface area contributed by atoms with Crippen LogP contribution in [0.1, 0.15) is 34.9 Å². The fourth-order valence-corrected chi connectivity index (χ4v) is 3.12. The first kappa shape index (κ1) is 15.3. The van der Waals surface area contributed by atoms with Gasteiger partial charge in [0.25, 0.3) is 0 Å². The molecule has 0 aliphatic carbocycles. The summed E-state index contributed by atoms with van der Waals surface area (Å²) in [6.07, 6.45) is 0.224. The van der Waals surface area contributed by atoms with Gasteiger partial charge >= 0.3 is 5.97 Å². The van der Waals surface area contributed by atoms with Crippen LogP contribution < -0.4 is 4.90 Å². The molecule has 0 spiro atoms. The standard InChI is InChI=1S/C17H18N2O4/c1-10-14(11(2)23-18-10)8-16(20)19-9-12(7-17(21)22)13-5-3-4-6-15(13)19/h3-6,12H,7-9H2,1-2H3,(H,21,22). The first-order valence-electron chi connectivity index (χ1n) is 7.50. The topological polar surface area (TPSA) is 83.6 Å². The molecule has 1 unspecified atom stereocenters. The van der Waals surface area contributed by atoms with Crippen molar-refractivity contribution in [2.75, 3.05) is 11.4 Å². The number of nitrogens with zero attached hydrogens (tertiary/aromatic N) is 2. The minimum atomic E-state index is -0.857. The number of carbonyl (C=O) groups excluding carboxylic acids is 1. The van der Waals surface area contributed by atoms with E-state index in [1.807, 2.05) is 31.2 Å². The first-order valence-corrected chi connectivity index (χ1v) is 7.50. The van der Waals surface area contributed by atoms with Crippen LogP contribution in [0.15, 0.2) is 28.8 Å². The van der Waals surface area contributed by atoms with Crippen LogP contribution in [0.4, 0.5) is 5.69 Å². The van der Waals surface area contributed by atoms with Gasteiger partial charge in [0.2, 0.25) is 5.91 Å². The van der Waals surface area contributed by atoms with E-state index in [-0.39, 0.29) is 24.7 Å². The minimum absolute atomic E-state index is 0.0200. The van der Waals surface area contributed by atoms with Crippen molar-refractivity contribution in [1.82, 2.24) is 5.16 Å². The lowest BCUT2D eigenvalue weighted by molar-refractivity contribution is -0.137. The lowest BCUT2D eigenvalue weighted by Crippen LogP contribution is -2.31. The molecule has 3 rings (SSSR count).